The molecule has 2 nitrogen and oxygen atoms in total. The average molecular weight is 210 g/mol. The Labute approximate surface area is 90.1 Å². The van der Waals surface area contributed by atoms with Crippen molar-refractivity contribution in [3.8, 4) is 0 Å². The molecular formula is C11H14ClN2. The number of rotatable bonds is 1. The van der Waals surface area contributed by atoms with E-state index in [0.29, 0.717) is 0 Å². The predicted molar refractivity (Wildman–Crippen MR) is 60.6 cm³/mol. The number of para-hydroxylation sites is 1. The van der Waals surface area contributed by atoms with Crippen molar-refractivity contribution in [2.24, 2.45) is 0 Å². The Balaban J connectivity index is 2.12. The lowest BCUT2D eigenvalue weighted by molar-refractivity contribution is 0.344. The Morgan fingerprint density at radius 1 is 1.07 bits per heavy atom. The molecule has 1 aromatic rings. The summed E-state index contributed by atoms with van der Waals surface area (Å²) in [4.78, 5) is 4.40. The summed E-state index contributed by atoms with van der Waals surface area (Å²) in [6, 6.07) is 8.00. The number of hydrogen-bond acceptors (Lipinski definition) is 2. The molecule has 1 aliphatic heterocycles. The van der Waals surface area contributed by atoms with Crippen molar-refractivity contribution in [2.75, 3.05) is 31.1 Å². The van der Waals surface area contributed by atoms with Crippen molar-refractivity contribution in [1.29, 1.82) is 0 Å². The van der Waals surface area contributed by atoms with E-state index in [2.05, 4.69) is 22.9 Å². The molecule has 0 bridgehead atoms. The number of anilines is 1. The molecule has 1 heterocycles. The van der Waals surface area contributed by atoms with Gasteiger partial charge in [0.05, 0.1) is 10.7 Å². The van der Waals surface area contributed by atoms with E-state index in [1.165, 1.54) is 0 Å². The minimum Gasteiger partial charge on any atom is -0.368 e. The molecule has 2 rings (SSSR count). The Hall–Kier alpha value is -0.730. The second-order valence-corrected chi connectivity index (χ2v) is 3.96. The van der Waals surface area contributed by atoms with Crippen LogP contribution in [0.5, 0.6) is 0 Å². The highest BCUT2D eigenvalue weighted by molar-refractivity contribution is 6.33. The molecule has 1 saturated heterocycles. The van der Waals surface area contributed by atoms with E-state index in [9.17, 15) is 0 Å². The van der Waals surface area contributed by atoms with Crippen molar-refractivity contribution in [2.45, 2.75) is 0 Å². The van der Waals surface area contributed by atoms with Gasteiger partial charge in [0.15, 0.2) is 0 Å². The van der Waals surface area contributed by atoms with Crippen LogP contribution < -0.4 is 4.90 Å². The summed E-state index contributed by atoms with van der Waals surface area (Å²) in [5.74, 6) is 0. The van der Waals surface area contributed by atoms with Crippen LogP contribution in [0.1, 0.15) is 0 Å². The molecule has 0 spiro atoms. The number of piperazine rings is 1. The van der Waals surface area contributed by atoms with Crippen LogP contribution in [0.4, 0.5) is 5.69 Å². The summed E-state index contributed by atoms with van der Waals surface area (Å²) in [6.45, 7) is 4.02. The highest BCUT2D eigenvalue weighted by Crippen LogP contribution is 2.25. The molecule has 1 aromatic carbocycles. The van der Waals surface area contributed by atoms with Gasteiger partial charge in [-0.15, -0.1) is 0 Å². The van der Waals surface area contributed by atoms with Crippen LogP contribution in [0.25, 0.3) is 0 Å². The van der Waals surface area contributed by atoms with E-state index < -0.39 is 0 Å². The van der Waals surface area contributed by atoms with Gasteiger partial charge in [-0.1, -0.05) is 23.7 Å². The van der Waals surface area contributed by atoms with E-state index in [0.717, 1.165) is 36.9 Å². The van der Waals surface area contributed by atoms with Crippen molar-refractivity contribution in [1.82, 2.24) is 4.90 Å². The molecule has 3 heteroatoms. The van der Waals surface area contributed by atoms with Crippen molar-refractivity contribution in [3.63, 3.8) is 0 Å². The fraction of sp³-hybridized carbons (Fsp3) is 0.364. The molecule has 0 amide bonds. The Bertz CT molecular complexity index is 306. The van der Waals surface area contributed by atoms with Gasteiger partial charge in [-0.25, -0.2) is 0 Å². The van der Waals surface area contributed by atoms with Crippen LogP contribution in [0.15, 0.2) is 24.3 Å². The average Bonchev–Trinajstić information content (AvgIpc) is 2.20. The van der Waals surface area contributed by atoms with Crippen LogP contribution in [0.2, 0.25) is 5.02 Å². The zero-order chi connectivity index (χ0) is 9.97. The van der Waals surface area contributed by atoms with Gasteiger partial charge in [0, 0.05) is 33.2 Å². The smallest absolute Gasteiger partial charge is 0.0639 e. The molecule has 1 fully saturated rings. The van der Waals surface area contributed by atoms with Crippen LogP contribution in [0.3, 0.4) is 0 Å². The Morgan fingerprint density at radius 3 is 2.36 bits per heavy atom. The van der Waals surface area contributed by atoms with E-state index in [-0.39, 0.29) is 0 Å². The quantitative estimate of drug-likeness (QED) is 0.700. The highest BCUT2D eigenvalue weighted by atomic mass is 35.5. The molecular weight excluding hydrogens is 196 g/mol. The minimum absolute atomic E-state index is 0.838. The maximum atomic E-state index is 6.12. The first-order valence-electron chi connectivity index (χ1n) is 4.82. The third-order valence-electron chi connectivity index (χ3n) is 2.57. The number of nitrogens with zero attached hydrogens (tertiary/aromatic N) is 2. The summed E-state index contributed by atoms with van der Waals surface area (Å²) < 4.78 is 0. The van der Waals surface area contributed by atoms with Crippen LogP contribution in [-0.4, -0.2) is 31.1 Å². The molecule has 1 aliphatic rings. The summed E-state index contributed by atoms with van der Waals surface area (Å²) >= 11 is 6.12. The third-order valence-corrected chi connectivity index (χ3v) is 2.89. The normalized spacial score (nSPS) is 18.6. The number of benzene rings is 1. The van der Waals surface area contributed by atoms with E-state index in [1.807, 2.05) is 18.2 Å². The monoisotopic (exact) mass is 209 g/mol. The zero-order valence-electron chi connectivity index (χ0n) is 8.12. The maximum absolute atomic E-state index is 6.12. The number of hydrogen-bond donors (Lipinski definition) is 0. The van der Waals surface area contributed by atoms with E-state index in [4.69, 9.17) is 11.6 Å². The molecule has 0 aromatic heterocycles. The largest absolute Gasteiger partial charge is 0.368 e. The first-order chi connectivity index (χ1) is 6.77. The second kappa shape index (κ2) is 4.20. The summed E-state index contributed by atoms with van der Waals surface area (Å²) in [7, 11) is 3.92. The van der Waals surface area contributed by atoms with E-state index >= 15 is 0 Å². The van der Waals surface area contributed by atoms with Gasteiger partial charge < -0.3 is 4.90 Å². The molecule has 0 saturated carbocycles. The van der Waals surface area contributed by atoms with Gasteiger partial charge in [-0.05, 0) is 12.1 Å². The summed E-state index contributed by atoms with van der Waals surface area (Å²) in [6.07, 6.45) is 0. The molecule has 75 valence electrons. The molecule has 0 atom stereocenters. The van der Waals surface area contributed by atoms with Crippen LogP contribution >= 0.6 is 11.6 Å². The van der Waals surface area contributed by atoms with Crippen molar-refractivity contribution < 1.29 is 0 Å². The lowest BCUT2D eigenvalue weighted by Crippen LogP contribution is -2.43. The van der Waals surface area contributed by atoms with Gasteiger partial charge in [-0.2, -0.15) is 0 Å². The fourth-order valence-electron chi connectivity index (χ4n) is 1.70. The third kappa shape index (κ3) is 2.02. The van der Waals surface area contributed by atoms with Gasteiger partial charge in [-0.3, -0.25) is 4.90 Å². The van der Waals surface area contributed by atoms with Crippen LogP contribution in [0, 0.1) is 7.05 Å². The van der Waals surface area contributed by atoms with Gasteiger partial charge in [0.1, 0.15) is 0 Å². The first kappa shape index (κ1) is 9.81. The summed E-state index contributed by atoms with van der Waals surface area (Å²) in [5, 5.41) is 0.838. The van der Waals surface area contributed by atoms with Gasteiger partial charge in [0.2, 0.25) is 0 Å². The van der Waals surface area contributed by atoms with E-state index in [1.54, 1.807) is 0 Å². The standard InChI is InChI=1S/C11H14ClN2/c1-13-6-8-14(9-7-13)11-5-3-2-4-10(11)12/h2-5H,1,6-9H2. The van der Waals surface area contributed by atoms with Gasteiger partial charge >= 0.3 is 0 Å². The van der Waals surface area contributed by atoms with Crippen molar-refractivity contribution in [3.05, 3.63) is 36.3 Å². The first-order valence-corrected chi connectivity index (χ1v) is 5.20. The zero-order valence-corrected chi connectivity index (χ0v) is 8.87. The highest BCUT2D eigenvalue weighted by Gasteiger charge is 2.15. The Morgan fingerprint density at radius 2 is 1.71 bits per heavy atom. The fourth-order valence-corrected chi connectivity index (χ4v) is 1.95. The molecule has 0 unspecified atom stereocenters. The van der Waals surface area contributed by atoms with Crippen LogP contribution in [-0.2, 0) is 0 Å². The molecule has 0 N–H and O–H groups in total. The molecule has 0 aliphatic carbocycles. The summed E-state index contributed by atoms with van der Waals surface area (Å²) in [5.41, 5.74) is 1.14. The Kier molecular flexibility index (Phi) is 2.94. The lowest BCUT2D eigenvalue weighted by atomic mass is 10.2. The lowest BCUT2D eigenvalue weighted by Gasteiger charge is -2.34. The minimum atomic E-state index is 0.838. The second-order valence-electron chi connectivity index (χ2n) is 3.56. The predicted octanol–water partition coefficient (Wildman–Crippen LogP) is 2.25. The molecule has 1 radical (unpaired) electrons. The SMILES string of the molecule is [CH2]N1CCN(c2ccccc2Cl)CC1. The van der Waals surface area contributed by atoms with Crippen molar-refractivity contribution >= 4 is 17.3 Å². The topological polar surface area (TPSA) is 6.48 Å². The molecule has 14 heavy (non-hydrogen) atoms. The van der Waals surface area contributed by atoms with Gasteiger partial charge in [0.25, 0.3) is 0 Å². The number of halogens is 1. The maximum Gasteiger partial charge on any atom is 0.0639 e.